The second kappa shape index (κ2) is 4.44. The van der Waals surface area contributed by atoms with Crippen molar-refractivity contribution >= 4 is 5.91 Å². The van der Waals surface area contributed by atoms with Gasteiger partial charge in [-0.25, -0.2) is 4.98 Å². The van der Waals surface area contributed by atoms with Gasteiger partial charge in [0.15, 0.2) is 0 Å². The third kappa shape index (κ3) is 3.06. The number of hydrogen-bond acceptors (Lipinski definition) is 3. The first kappa shape index (κ1) is 11.7. The van der Waals surface area contributed by atoms with Crippen LogP contribution >= 0.6 is 0 Å². The Morgan fingerprint density at radius 2 is 2.33 bits per heavy atom. The summed E-state index contributed by atoms with van der Waals surface area (Å²) in [7, 11) is 0. The lowest BCUT2D eigenvalue weighted by Crippen LogP contribution is -2.49. The van der Waals surface area contributed by atoms with Crippen molar-refractivity contribution in [1.29, 1.82) is 0 Å². The third-order valence-electron chi connectivity index (χ3n) is 2.58. The van der Waals surface area contributed by atoms with Gasteiger partial charge < -0.3 is 16.0 Å². The van der Waals surface area contributed by atoms with Crippen molar-refractivity contribution in [3.05, 3.63) is 18.2 Å². The first-order chi connectivity index (χ1) is 6.93. The largest absolute Gasteiger partial charge is 0.368 e. The first-order valence-corrected chi connectivity index (χ1v) is 5.00. The molecule has 1 aromatic rings. The Labute approximate surface area is 89.5 Å². The number of aromatic nitrogens is 2. The van der Waals surface area contributed by atoms with E-state index in [2.05, 4.69) is 4.98 Å². The lowest BCUT2D eigenvalue weighted by Gasteiger charge is -2.20. The second-order valence-corrected chi connectivity index (χ2v) is 4.05. The molecule has 0 bridgehead atoms. The fourth-order valence-corrected chi connectivity index (χ4v) is 1.38. The lowest BCUT2D eigenvalue weighted by atomic mass is 9.96. The van der Waals surface area contributed by atoms with Gasteiger partial charge in [-0.3, -0.25) is 4.79 Å². The van der Waals surface area contributed by atoms with E-state index < -0.39 is 11.4 Å². The van der Waals surface area contributed by atoms with Crippen LogP contribution in [0.1, 0.15) is 25.6 Å². The summed E-state index contributed by atoms with van der Waals surface area (Å²) in [6.45, 7) is 4.41. The molecule has 0 saturated carbocycles. The Hall–Kier alpha value is -1.36. The molecule has 0 aliphatic carbocycles. The van der Waals surface area contributed by atoms with Crippen molar-refractivity contribution in [2.24, 2.45) is 11.5 Å². The minimum atomic E-state index is -0.908. The fraction of sp³-hybridized carbons (Fsp3) is 0.600. The molecule has 5 heteroatoms. The summed E-state index contributed by atoms with van der Waals surface area (Å²) in [6, 6.07) is 0. The Kier molecular flexibility index (Phi) is 3.47. The molecule has 1 unspecified atom stereocenters. The molecule has 84 valence electrons. The van der Waals surface area contributed by atoms with Crippen LogP contribution in [0.25, 0.3) is 0 Å². The molecule has 1 atom stereocenters. The predicted octanol–water partition coefficient (Wildman–Crippen LogP) is 0.174. The van der Waals surface area contributed by atoms with Crippen molar-refractivity contribution in [2.75, 3.05) is 0 Å². The molecule has 0 aliphatic rings. The highest BCUT2D eigenvalue weighted by molar-refractivity contribution is 5.83. The zero-order chi connectivity index (χ0) is 11.5. The van der Waals surface area contributed by atoms with E-state index in [1.165, 1.54) is 0 Å². The average Bonchev–Trinajstić information content (AvgIpc) is 2.51. The van der Waals surface area contributed by atoms with Crippen LogP contribution in [0, 0.1) is 6.92 Å². The van der Waals surface area contributed by atoms with Crippen molar-refractivity contribution < 1.29 is 4.79 Å². The van der Waals surface area contributed by atoms with Crippen LogP contribution in [0.5, 0.6) is 0 Å². The number of nitrogens with two attached hydrogens (primary N) is 2. The fourth-order valence-electron chi connectivity index (χ4n) is 1.38. The molecule has 4 N–H and O–H groups in total. The molecular formula is C10H18N4O. The smallest absolute Gasteiger partial charge is 0.237 e. The summed E-state index contributed by atoms with van der Waals surface area (Å²) in [5, 5.41) is 0. The SMILES string of the molecule is Cc1nccn1CCCC(C)(N)C(N)=O. The van der Waals surface area contributed by atoms with Gasteiger partial charge in [-0.1, -0.05) is 0 Å². The number of imidazole rings is 1. The quantitative estimate of drug-likeness (QED) is 0.726. The molecule has 1 aromatic heterocycles. The number of rotatable bonds is 5. The molecule has 5 nitrogen and oxygen atoms in total. The van der Waals surface area contributed by atoms with Gasteiger partial charge in [-0.2, -0.15) is 0 Å². The van der Waals surface area contributed by atoms with E-state index in [1.807, 2.05) is 17.7 Å². The van der Waals surface area contributed by atoms with Gasteiger partial charge >= 0.3 is 0 Å². The Morgan fingerprint density at radius 1 is 1.67 bits per heavy atom. The van der Waals surface area contributed by atoms with E-state index in [0.717, 1.165) is 18.8 Å². The molecule has 0 radical (unpaired) electrons. The van der Waals surface area contributed by atoms with Crippen LogP contribution in [0.3, 0.4) is 0 Å². The summed E-state index contributed by atoms with van der Waals surface area (Å²) in [5.74, 6) is 0.512. The number of primary amides is 1. The van der Waals surface area contributed by atoms with Crippen LogP contribution < -0.4 is 11.5 Å². The van der Waals surface area contributed by atoms with Crippen LogP contribution in [-0.4, -0.2) is 21.0 Å². The standard InChI is InChI=1S/C10H18N4O/c1-8-13-5-7-14(8)6-3-4-10(2,12)9(11)15/h5,7H,3-4,6,12H2,1-2H3,(H2,11,15). The highest BCUT2D eigenvalue weighted by Gasteiger charge is 2.24. The van der Waals surface area contributed by atoms with Gasteiger partial charge in [-0.05, 0) is 26.7 Å². The number of carbonyl (C=O) groups excluding carboxylic acids is 1. The lowest BCUT2D eigenvalue weighted by molar-refractivity contribution is -0.122. The summed E-state index contributed by atoms with van der Waals surface area (Å²) < 4.78 is 2.02. The monoisotopic (exact) mass is 210 g/mol. The third-order valence-corrected chi connectivity index (χ3v) is 2.58. The summed E-state index contributed by atoms with van der Waals surface area (Å²) >= 11 is 0. The minimum Gasteiger partial charge on any atom is -0.368 e. The molecule has 1 heterocycles. The van der Waals surface area contributed by atoms with Crippen molar-refractivity contribution in [3.8, 4) is 0 Å². The van der Waals surface area contributed by atoms with E-state index in [1.54, 1.807) is 13.1 Å². The molecule has 1 rings (SSSR count). The minimum absolute atomic E-state index is 0.454. The number of hydrogen-bond donors (Lipinski definition) is 2. The van der Waals surface area contributed by atoms with Gasteiger partial charge in [0.1, 0.15) is 5.82 Å². The molecule has 15 heavy (non-hydrogen) atoms. The summed E-state index contributed by atoms with van der Waals surface area (Å²) in [5.41, 5.74) is 10.0. The van der Waals surface area contributed by atoms with E-state index in [9.17, 15) is 4.79 Å². The Balaban J connectivity index is 2.40. The van der Waals surface area contributed by atoms with Gasteiger partial charge in [0.25, 0.3) is 0 Å². The van der Waals surface area contributed by atoms with Gasteiger partial charge in [0, 0.05) is 18.9 Å². The first-order valence-electron chi connectivity index (χ1n) is 5.00. The van der Waals surface area contributed by atoms with E-state index in [4.69, 9.17) is 11.5 Å². The average molecular weight is 210 g/mol. The number of aryl methyl sites for hydroxylation is 2. The van der Waals surface area contributed by atoms with Crippen LogP contribution in [0.15, 0.2) is 12.4 Å². The summed E-state index contributed by atoms with van der Waals surface area (Å²) in [4.78, 5) is 15.1. The predicted molar refractivity (Wildman–Crippen MR) is 58.0 cm³/mol. The zero-order valence-electron chi connectivity index (χ0n) is 9.23. The van der Waals surface area contributed by atoms with Gasteiger partial charge in [-0.15, -0.1) is 0 Å². The summed E-state index contributed by atoms with van der Waals surface area (Å²) in [6.07, 6.45) is 5.06. The molecule has 1 amide bonds. The number of carbonyl (C=O) groups is 1. The van der Waals surface area contributed by atoms with Crippen molar-refractivity contribution in [1.82, 2.24) is 9.55 Å². The maximum absolute atomic E-state index is 11.0. The maximum Gasteiger partial charge on any atom is 0.237 e. The molecule has 0 fully saturated rings. The molecule has 0 aliphatic heterocycles. The van der Waals surface area contributed by atoms with Crippen molar-refractivity contribution in [3.63, 3.8) is 0 Å². The number of nitrogens with zero attached hydrogens (tertiary/aromatic N) is 2. The highest BCUT2D eigenvalue weighted by atomic mass is 16.1. The van der Waals surface area contributed by atoms with Crippen molar-refractivity contribution in [2.45, 2.75) is 38.8 Å². The van der Waals surface area contributed by atoms with E-state index in [0.29, 0.717) is 6.42 Å². The highest BCUT2D eigenvalue weighted by Crippen LogP contribution is 2.09. The molecule has 0 spiro atoms. The molecule has 0 saturated heterocycles. The second-order valence-electron chi connectivity index (χ2n) is 4.05. The van der Waals surface area contributed by atoms with E-state index in [-0.39, 0.29) is 0 Å². The topological polar surface area (TPSA) is 86.9 Å². The zero-order valence-corrected chi connectivity index (χ0v) is 9.23. The van der Waals surface area contributed by atoms with Gasteiger partial charge in [0.2, 0.25) is 5.91 Å². The Bertz CT molecular complexity index is 343. The normalized spacial score (nSPS) is 14.9. The van der Waals surface area contributed by atoms with E-state index >= 15 is 0 Å². The van der Waals surface area contributed by atoms with Crippen LogP contribution in [0.4, 0.5) is 0 Å². The molecular weight excluding hydrogens is 192 g/mol. The maximum atomic E-state index is 11.0. The Morgan fingerprint density at radius 3 is 2.80 bits per heavy atom. The number of amides is 1. The van der Waals surface area contributed by atoms with Gasteiger partial charge in [0.05, 0.1) is 5.54 Å². The van der Waals surface area contributed by atoms with Crippen LogP contribution in [0.2, 0.25) is 0 Å². The molecule has 0 aromatic carbocycles. The van der Waals surface area contributed by atoms with Crippen LogP contribution in [-0.2, 0) is 11.3 Å².